The summed E-state index contributed by atoms with van der Waals surface area (Å²) < 4.78 is 60.1. The smallest absolute Gasteiger partial charge is 0.240 e. The maximum absolute atomic E-state index is 13.3. The standard InChI is InChI=1S/C19H21F2NO3S/c1-14-12-17(21)6-7-18(14)26(23,24)22-13-19(8-10-25-11-9-19)15-2-4-16(20)5-3-15/h2-7,12,22H,8-11,13H2,1H3. The van der Waals surface area contributed by atoms with Crippen molar-refractivity contribution in [3.63, 3.8) is 0 Å². The molecule has 0 radical (unpaired) electrons. The summed E-state index contributed by atoms with van der Waals surface area (Å²) in [6.45, 7) is 2.74. The van der Waals surface area contributed by atoms with Gasteiger partial charge in [0.1, 0.15) is 11.6 Å². The van der Waals surface area contributed by atoms with Crippen molar-refractivity contribution in [3.8, 4) is 0 Å². The molecular weight excluding hydrogens is 360 g/mol. The first-order valence-electron chi connectivity index (χ1n) is 8.42. The third-order valence-corrected chi connectivity index (χ3v) is 6.50. The molecule has 1 saturated heterocycles. The van der Waals surface area contributed by atoms with Crippen molar-refractivity contribution in [2.24, 2.45) is 0 Å². The van der Waals surface area contributed by atoms with E-state index in [1.54, 1.807) is 19.1 Å². The number of halogens is 2. The van der Waals surface area contributed by atoms with Gasteiger partial charge in [-0.1, -0.05) is 12.1 Å². The molecule has 0 atom stereocenters. The lowest BCUT2D eigenvalue weighted by Gasteiger charge is -2.38. The van der Waals surface area contributed by atoms with Crippen molar-refractivity contribution in [1.29, 1.82) is 0 Å². The Balaban J connectivity index is 1.87. The largest absolute Gasteiger partial charge is 0.381 e. The molecular formula is C19H21F2NO3S. The Bertz CT molecular complexity index is 876. The lowest BCUT2D eigenvalue weighted by atomic mass is 9.74. The molecule has 1 heterocycles. The van der Waals surface area contributed by atoms with Crippen LogP contribution >= 0.6 is 0 Å². The first-order valence-corrected chi connectivity index (χ1v) is 9.90. The van der Waals surface area contributed by atoms with E-state index in [1.165, 1.54) is 24.3 Å². The Morgan fingerprint density at radius 3 is 2.27 bits per heavy atom. The minimum atomic E-state index is -3.79. The molecule has 140 valence electrons. The number of sulfonamides is 1. The van der Waals surface area contributed by atoms with E-state index < -0.39 is 21.3 Å². The van der Waals surface area contributed by atoms with Gasteiger partial charge in [-0.25, -0.2) is 21.9 Å². The SMILES string of the molecule is Cc1cc(F)ccc1S(=O)(=O)NCC1(c2ccc(F)cc2)CCOCC1. The van der Waals surface area contributed by atoms with Gasteiger partial charge in [0.15, 0.2) is 0 Å². The summed E-state index contributed by atoms with van der Waals surface area (Å²) in [5.74, 6) is -0.813. The fourth-order valence-corrected chi connectivity index (χ4v) is 4.71. The summed E-state index contributed by atoms with van der Waals surface area (Å²) in [6.07, 6.45) is 1.26. The Morgan fingerprint density at radius 2 is 1.65 bits per heavy atom. The molecule has 1 aliphatic heterocycles. The summed E-state index contributed by atoms with van der Waals surface area (Å²) in [5.41, 5.74) is 0.758. The predicted octanol–water partition coefficient (Wildman–Crippen LogP) is 3.30. The predicted molar refractivity (Wildman–Crippen MR) is 94.5 cm³/mol. The van der Waals surface area contributed by atoms with Crippen molar-refractivity contribution in [2.75, 3.05) is 19.8 Å². The van der Waals surface area contributed by atoms with Crippen LogP contribution in [0, 0.1) is 18.6 Å². The second kappa shape index (κ2) is 7.42. The fraction of sp³-hybridized carbons (Fsp3) is 0.368. The van der Waals surface area contributed by atoms with Gasteiger partial charge in [0.25, 0.3) is 0 Å². The molecule has 0 aliphatic carbocycles. The zero-order chi connectivity index (χ0) is 18.8. The van der Waals surface area contributed by atoms with E-state index in [0.29, 0.717) is 31.6 Å². The van der Waals surface area contributed by atoms with Crippen molar-refractivity contribution in [3.05, 3.63) is 65.2 Å². The lowest BCUT2D eigenvalue weighted by Crippen LogP contribution is -2.44. The highest BCUT2D eigenvalue weighted by Gasteiger charge is 2.36. The maximum atomic E-state index is 13.3. The average molecular weight is 381 g/mol. The summed E-state index contributed by atoms with van der Waals surface area (Å²) >= 11 is 0. The van der Waals surface area contributed by atoms with Crippen molar-refractivity contribution in [2.45, 2.75) is 30.1 Å². The van der Waals surface area contributed by atoms with Gasteiger partial charge in [-0.15, -0.1) is 0 Å². The molecule has 1 N–H and O–H groups in total. The highest BCUT2D eigenvalue weighted by molar-refractivity contribution is 7.89. The van der Waals surface area contributed by atoms with E-state index in [1.807, 2.05) is 0 Å². The molecule has 0 saturated carbocycles. The molecule has 7 heteroatoms. The molecule has 4 nitrogen and oxygen atoms in total. The van der Waals surface area contributed by atoms with Crippen LogP contribution in [0.1, 0.15) is 24.0 Å². The third-order valence-electron chi connectivity index (χ3n) is 4.93. The van der Waals surface area contributed by atoms with Gasteiger partial charge in [-0.2, -0.15) is 0 Å². The molecule has 3 rings (SSSR count). The van der Waals surface area contributed by atoms with Gasteiger partial charge >= 0.3 is 0 Å². The minimum Gasteiger partial charge on any atom is -0.381 e. The van der Waals surface area contributed by atoms with Crippen LogP contribution in [0.3, 0.4) is 0 Å². The number of benzene rings is 2. The molecule has 0 aromatic heterocycles. The summed E-state index contributed by atoms with van der Waals surface area (Å²) in [7, 11) is -3.79. The Morgan fingerprint density at radius 1 is 1.04 bits per heavy atom. The average Bonchev–Trinajstić information content (AvgIpc) is 2.61. The number of aryl methyl sites for hydroxylation is 1. The summed E-state index contributed by atoms with van der Waals surface area (Å²) in [6, 6.07) is 9.73. The van der Waals surface area contributed by atoms with Crippen molar-refractivity contribution in [1.82, 2.24) is 4.72 Å². The molecule has 2 aromatic rings. The number of nitrogens with one attached hydrogen (secondary N) is 1. The van der Waals surface area contributed by atoms with Gasteiger partial charge in [-0.3, -0.25) is 0 Å². The normalized spacial score (nSPS) is 17.2. The lowest BCUT2D eigenvalue weighted by molar-refractivity contribution is 0.0517. The zero-order valence-corrected chi connectivity index (χ0v) is 15.3. The van der Waals surface area contributed by atoms with E-state index in [4.69, 9.17) is 4.74 Å². The fourth-order valence-electron chi connectivity index (χ4n) is 3.36. The van der Waals surface area contributed by atoms with Crippen LogP contribution in [0.15, 0.2) is 47.4 Å². The van der Waals surface area contributed by atoms with E-state index >= 15 is 0 Å². The van der Waals surface area contributed by atoms with Gasteiger partial charge in [0.05, 0.1) is 4.90 Å². The van der Waals surface area contributed by atoms with E-state index in [-0.39, 0.29) is 17.3 Å². The van der Waals surface area contributed by atoms with Crippen LogP contribution in [-0.2, 0) is 20.2 Å². The first-order chi connectivity index (χ1) is 12.3. The van der Waals surface area contributed by atoms with Crippen LogP contribution in [0.2, 0.25) is 0 Å². The third kappa shape index (κ3) is 3.95. The number of ether oxygens (including phenoxy) is 1. The molecule has 1 aliphatic rings. The molecule has 26 heavy (non-hydrogen) atoms. The minimum absolute atomic E-state index is 0.0558. The van der Waals surface area contributed by atoms with E-state index in [0.717, 1.165) is 11.6 Å². The van der Waals surface area contributed by atoms with E-state index in [2.05, 4.69) is 4.72 Å². The second-order valence-corrected chi connectivity index (χ2v) is 8.37. The van der Waals surface area contributed by atoms with Gasteiger partial charge in [0, 0.05) is 25.2 Å². The number of hydrogen-bond acceptors (Lipinski definition) is 3. The first kappa shape index (κ1) is 18.9. The second-order valence-electron chi connectivity index (χ2n) is 6.63. The number of rotatable bonds is 5. The molecule has 0 unspecified atom stereocenters. The maximum Gasteiger partial charge on any atom is 0.240 e. The summed E-state index contributed by atoms with van der Waals surface area (Å²) in [5, 5.41) is 0. The van der Waals surface area contributed by atoms with Crippen LogP contribution in [-0.4, -0.2) is 28.2 Å². The molecule has 0 amide bonds. The highest BCUT2D eigenvalue weighted by atomic mass is 32.2. The molecule has 0 bridgehead atoms. The molecule has 2 aromatic carbocycles. The van der Waals surface area contributed by atoms with Crippen molar-refractivity contribution >= 4 is 10.0 Å². The monoisotopic (exact) mass is 381 g/mol. The van der Waals surface area contributed by atoms with Crippen LogP contribution < -0.4 is 4.72 Å². The Kier molecular flexibility index (Phi) is 5.41. The molecule has 0 spiro atoms. The zero-order valence-electron chi connectivity index (χ0n) is 14.5. The van der Waals surface area contributed by atoms with Gasteiger partial charge < -0.3 is 4.74 Å². The van der Waals surface area contributed by atoms with Crippen LogP contribution in [0.4, 0.5) is 8.78 Å². The topological polar surface area (TPSA) is 55.4 Å². The quantitative estimate of drug-likeness (QED) is 0.865. The summed E-state index contributed by atoms with van der Waals surface area (Å²) in [4.78, 5) is 0.0558. The number of hydrogen-bond donors (Lipinski definition) is 1. The van der Waals surface area contributed by atoms with Crippen LogP contribution in [0.25, 0.3) is 0 Å². The van der Waals surface area contributed by atoms with Crippen LogP contribution in [0.5, 0.6) is 0 Å². The highest BCUT2D eigenvalue weighted by Crippen LogP contribution is 2.35. The van der Waals surface area contributed by atoms with E-state index in [9.17, 15) is 17.2 Å². The van der Waals surface area contributed by atoms with Crippen molar-refractivity contribution < 1.29 is 21.9 Å². The Hall–Kier alpha value is -1.83. The Labute approximate surface area is 152 Å². The van der Waals surface area contributed by atoms with Gasteiger partial charge in [0.2, 0.25) is 10.0 Å². The molecule has 1 fully saturated rings. The van der Waals surface area contributed by atoms with Gasteiger partial charge in [-0.05, 0) is 61.2 Å².